The van der Waals surface area contributed by atoms with Crippen molar-refractivity contribution in [2.75, 3.05) is 12.4 Å². The second kappa shape index (κ2) is 11.0. The first-order valence-electron chi connectivity index (χ1n) is 10.9. The van der Waals surface area contributed by atoms with Crippen LogP contribution in [0.4, 0.5) is 0 Å². The van der Waals surface area contributed by atoms with Crippen molar-refractivity contribution < 1.29 is 32.6 Å². The van der Waals surface area contributed by atoms with E-state index < -0.39 is 34.6 Å². The Morgan fingerprint density at radius 1 is 1.00 bits per heavy atom. The van der Waals surface area contributed by atoms with Gasteiger partial charge in [0.05, 0.1) is 20.5 Å². The van der Waals surface area contributed by atoms with Crippen LogP contribution in [0.2, 0.25) is 10.0 Å². The molecule has 3 aromatic carbocycles. The predicted molar refractivity (Wildman–Crippen MR) is 143 cm³/mol. The molecule has 0 saturated heterocycles. The minimum atomic E-state index is -3.63. The average molecular weight is 584 g/mol. The average Bonchev–Trinajstić information content (AvgIpc) is 2.82. The van der Waals surface area contributed by atoms with Gasteiger partial charge in [-0.1, -0.05) is 53.5 Å². The third-order valence-corrected chi connectivity index (χ3v) is 9.46. The lowest BCUT2D eigenvalue weighted by Crippen LogP contribution is -2.49. The number of rotatable bonds is 9. The van der Waals surface area contributed by atoms with Crippen molar-refractivity contribution in [2.24, 2.45) is 0 Å². The lowest BCUT2D eigenvalue weighted by molar-refractivity contribution is -0.144. The Kier molecular flexibility index (Phi) is 8.57. The van der Waals surface area contributed by atoms with Gasteiger partial charge in [-0.15, -0.1) is 0 Å². The number of carboxylic acid groups (broad SMARTS) is 1. The van der Waals surface area contributed by atoms with Crippen molar-refractivity contribution >= 4 is 57.6 Å². The highest BCUT2D eigenvalue weighted by molar-refractivity contribution is 7.90. The lowest BCUT2D eigenvalue weighted by Gasteiger charge is -2.27. The van der Waals surface area contributed by atoms with E-state index in [4.69, 9.17) is 23.2 Å². The quantitative estimate of drug-likeness (QED) is 0.320. The number of hydrogen-bond donors (Lipinski definition) is 3. The summed E-state index contributed by atoms with van der Waals surface area (Å²) in [5.74, 6) is -2.33. The van der Waals surface area contributed by atoms with Crippen LogP contribution in [0.15, 0.2) is 71.6 Å². The summed E-state index contributed by atoms with van der Waals surface area (Å²) in [6, 6.07) is 16.3. The number of aliphatic carboxylic acids is 1. The monoisotopic (exact) mass is 583 g/mol. The van der Waals surface area contributed by atoms with Crippen molar-refractivity contribution in [3.63, 3.8) is 0 Å². The summed E-state index contributed by atoms with van der Waals surface area (Å²) in [6.07, 6.45) is 1.05. The standard InChI is InChI=1S/C25H24Cl2NO7PS/c1-25(24(30)31,17-7-6-10-19(15-17)37(2,34)35)28-23(29)22-20(26)13-16(14-21(22)27)11-12-36(32,33)18-8-4-3-5-9-18/h3-10,13-15H,11-12H2,1-2H3,(H,28,29)(H,30,31)(H,32,33)/t25-/m0/s1. The molecule has 3 N–H and O–H groups in total. The zero-order valence-electron chi connectivity index (χ0n) is 19.8. The molecule has 1 unspecified atom stereocenters. The van der Waals surface area contributed by atoms with Crippen LogP contribution < -0.4 is 10.6 Å². The number of benzene rings is 3. The SMILES string of the molecule is C[C@@](NC(=O)c1c(Cl)cc(CCP(=O)(O)c2ccccc2)cc1Cl)(C(=O)O)c1cccc(S(C)(=O)=O)c1. The van der Waals surface area contributed by atoms with Crippen LogP contribution in [-0.2, 0) is 31.2 Å². The van der Waals surface area contributed by atoms with Crippen molar-refractivity contribution in [2.45, 2.75) is 23.8 Å². The maximum absolute atomic E-state index is 13.1. The highest BCUT2D eigenvalue weighted by Gasteiger charge is 2.38. The summed E-state index contributed by atoms with van der Waals surface area (Å²) >= 11 is 12.7. The fraction of sp³-hybridized carbons (Fsp3) is 0.200. The zero-order valence-corrected chi connectivity index (χ0v) is 23.0. The maximum Gasteiger partial charge on any atom is 0.333 e. The molecule has 0 bridgehead atoms. The number of amides is 1. The number of sulfone groups is 1. The molecule has 0 aliphatic rings. The van der Waals surface area contributed by atoms with E-state index in [1.54, 1.807) is 30.3 Å². The van der Waals surface area contributed by atoms with Crippen LogP contribution in [0.25, 0.3) is 0 Å². The third kappa shape index (κ3) is 6.61. The molecule has 0 aromatic heterocycles. The molecule has 8 nitrogen and oxygen atoms in total. The molecular weight excluding hydrogens is 560 g/mol. The van der Waals surface area contributed by atoms with E-state index in [-0.39, 0.29) is 38.7 Å². The minimum absolute atomic E-state index is 0.0275. The molecule has 2 atom stereocenters. The number of nitrogens with one attached hydrogen (secondary N) is 1. The van der Waals surface area contributed by atoms with Crippen molar-refractivity contribution in [3.8, 4) is 0 Å². The normalized spacial score (nSPS) is 14.8. The lowest BCUT2D eigenvalue weighted by atomic mass is 9.91. The van der Waals surface area contributed by atoms with Gasteiger partial charge in [0, 0.05) is 17.7 Å². The fourth-order valence-electron chi connectivity index (χ4n) is 3.63. The number of halogens is 2. The predicted octanol–water partition coefficient (Wildman–Crippen LogP) is 4.27. The Hall–Kier alpha value is -2.68. The Labute approximate surface area is 224 Å². The molecule has 196 valence electrons. The first-order valence-corrected chi connectivity index (χ1v) is 15.4. The molecule has 1 amide bonds. The molecule has 0 spiro atoms. The van der Waals surface area contributed by atoms with E-state index in [2.05, 4.69) is 5.32 Å². The van der Waals surface area contributed by atoms with E-state index in [1.165, 1.54) is 43.3 Å². The van der Waals surface area contributed by atoms with Crippen LogP contribution in [0.1, 0.15) is 28.4 Å². The van der Waals surface area contributed by atoms with E-state index >= 15 is 0 Å². The summed E-state index contributed by atoms with van der Waals surface area (Å²) in [6.45, 7) is 1.22. The molecule has 37 heavy (non-hydrogen) atoms. The van der Waals surface area contributed by atoms with Crippen molar-refractivity contribution in [3.05, 3.63) is 93.5 Å². The molecular formula is C25H24Cl2NO7PS. The molecule has 0 aliphatic carbocycles. The van der Waals surface area contributed by atoms with Crippen LogP contribution in [0, 0.1) is 0 Å². The van der Waals surface area contributed by atoms with Crippen LogP contribution >= 0.6 is 30.6 Å². The maximum atomic E-state index is 13.1. The molecule has 3 aromatic rings. The number of carbonyl (C=O) groups is 2. The largest absolute Gasteiger partial charge is 0.479 e. The summed E-state index contributed by atoms with van der Waals surface area (Å²) in [5, 5.41) is 12.5. The molecule has 0 fully saturated rings. The second-order valence-electron chi connectivity index (χ2n) is 8.63. The van der Waals surface area contributed by atoms with Gasteiger partial charge >= 0.3 is 5.97 Å². The fourth-order valence-corrected chi connectivity index (χ4v) is 6.46. The van der Waals surface area contributed by atoms with Gasteiger partial charge in [-0.25, -0.2) is 13.2 Å². The summed E-state index contributed by atoms with van der Waals surface area (Å²) in [7, 11) is -7.26. The van der Waals surface area contributed by atoms with Crippen LogP contribution in [0.5, 0.6) is 0 Å². The Morgan fingerprint density at radius 3 is 2.14 bits per heavy atom. The highest BCUT2D eigenvalue weighted by atomic mass is 35.5. The molecule has 12 heteroatoms. The van der Waals surface area contributed by atoms with E-state index in [9.17, 15) is 32.6 Å². The van der Waals surface area contributed by atoms with E-state index in [1.807, 2.05) is 0 Å². The molecule has 0 saturated carbocycles. The third-order valence-electron chi connectivity index (χ3n) is 5.82. The number of carboxylic acids is 1. The first kappa shape index (κ1) is 28.9. The Bertz CT molecular complexity index is 1490. The molecule has 0 radical (unpaired) electrons. The van der Waals surface area contributed by atoms with E-state index in [0.29, 0.717) is 10.9 Å². The molecule has 3 rings (SSSR count). The van der Waals surface area contributed by atoms with Crippen LogP contribution in [-0.4, -0.2) is 42.7 Å². The van der Waals surface area contributed by atoms with Gasteiger partial charge in [0.2, 0.25) is 7.37 Å². The van der Waals surface area contributed by atoms with Crippen molar-refractivity contribution in [1.82, 2.24) is 5.32 Å². The molecule has 0 aliphatic heterocycles. The molecule has 0 heterocycles. The first-order chi connectivity index (χ1) is 17.1. The Balaban J connectivity index is 1.87. The van der Waals surface area contributed by atoms with Gasteiger partial charge in [-0.3, -0.25) is 9.36 Å². The summed E-state index contributed by atoms with van der Waals surface area (Å²) in [4.78, 5) is 35.6. The topological polar surface area (TPSA) is 138 Å². The van der Waals surface area contributed by atoms with Gasteiger partial charge in [0.25, 0.3) is 5.91 Å². The van der Waals surface area contributed by atoms with Gasteiger partial charge in [0.1, 0.15) is 0 Å². The summed E-state index contributed by atoms with van der Waals surface area (Å²) in [5.41, 5.74) is -1.66. The minimum Gasteiger partial charge on any atom is -0.479 e. The van der Waals surface area contributed by atoms with Crippen LogP contribution in [0.3, 0.4) is 0 Å². The van der Waals surface area contributed by atoms with Gasteiger partial charge in [-0.05, 0) is 60.9 Å². The number of hydrogen-bond acceptors (Lipinski definition) is 5. The number of aryl methyl sites for hydroxylation is 1. The van der Waals surface area contributed by atoms with E-state index in [0.717, 1.165) is 6.26 Å². The van der Waals surface area contributed by atoms with Gasteiger partial charge < -0.3 is 15.3 Å². The Morgan fingerprint density at radius 2 is 1.59 bits per heavy atom. The smallest absolute Gasteiger partial charge is 0.333 e. The van der Waals surface area contributed by atoms with Crippen molar-refractivity contribution in [1.29, 1.82) is 0 Å². The van der Waals surface area contributed by atoms with Gasteiger partial charge in [-0.2, -0.15) is 0 Å². The second-order valence-corrected chi connectivity index (χ2v) is 13.8. The summed E-state index contributed by atoms with van der Waals surface area (Å²) < 4.78 is 36.6. The zero-order chi connectivity index (χ0) is 27.6. The highest BCUT2D eigenvalue weighted by Crippen LogP contribution is 2.40. The number of carbonyl (C=O) groups excluding carboxylic acids is 1. The van der Waals surface area contributed by atoms with Gasteiger partial charge in [0.15, 0.2) is 15.4 Å².